The van der Waals surface area contributed by atoms with Crippen LogP contribution < -0.4 is 20.7 Å². The number of nitrogens with zero attached hydrogens (tertiary/aromatic N) is 3. The highest BCUT2D eigenvalue weighted by Gasteiger charge is 2.18. The summed E-state index contributed by atoms with van der Waals surface area (Å²) in [5.74, 6) is 0.445. The minimum absolute atomic E-state index is 0.414. The van der Waals surface area contributed by atoms with Crippen molar-refractivity contribution in [1.82, 2.24) is 9.97 Å². The van der Waals surface area contributed by atoms with Gasteiger partial charge in [-0.3, -0.25) is 0 Å². The molecule has 5 rings (SSSR count). The average Bonchev–Trinajstić information content (AvgIpc) is 3.51. The molecule has 2 aromatic heterocycles. The number of nitrogens with one attached hydrogen (secondary N) is 1. The fraction of sp³-hybridized carbons (Fsp3) is 0.0741. The minimum Gasteiger partial charge on any atom is -0.422 e. The molecule has 5 aromatic rings. The molecular formula is C27H23N5O2S2. The maximum atomic E-state index is 12.6. The molecule has 2 heterocycles. The van der Waals surface area contributed by atoms with Crippen LogP contribution in [0.25, 0.3) is 21.1 Å². The van der Waals surface area contributed by atoms with Gasteiger partial charge in [-0.05, 0) is 48.5 Å². The number of ether oxygens (including phenoxy) is 1. The maximum absolute atomic E-state index is 12.6. The monoisotopic (exact) mass is 513 g/mol. The van der Waals surface area contributed by atoms with E-state index < -0.39 is 5.97 Å². The van der Waals surface area contributed by atoms with Crippen LogP contribution in [0.4, 0.5) is 22.3 Å². The van der Waals surface area contributed by atoms with Crippen molar-refractivity contribution in [2.75, 3.05) is 30.0 Å². The van der Waals surface area contributed by atoms with E-state index in [0.29, 0.717) is 28.0 Å². The molecule has 0 aliphatic carbocycles. The van der Waals surface area contributed by atoms with Gasteiger partial charge in [-0.25, -0.2) is 14.8 Å². The summed E-state index contributed by atoms with van der Waals surface area (Å²) in [4.78, 5) is 24.7. The average molecular weight is 514 g/mol. The van der Waals surface area contributed by atoms with Crippen LogP contribution in [-0.4, -0.2) is 30.0 Å². The van der Waals surface area contributed by atoms with Gasteiger partial charge in [-0.2, -0.15) is 0 Å². The molecule has 0 unspecified atom stereocenters. The first-order valence-electron chi connectivity index (χ1n) is 11.1. The summed E-state index contributed by atoms with van der Waals surface area (Å²) < 4.78 is 5.70. The third-order valence-corrected chi connectivity index (χ3v) is 7.34. The van der Waals surface area contributed by atoms with Crippen molar-refractivity contribution in [3.8, 4) is 26.9 Å². The van der Waals surface area contributed by atoms with Gasteiger partial charge in [0.2, 0.25) is 0 Å². The van der Waals surface area contributed by atoms with Gasteiger partial charge in [0.1, 0.15) is 21.5 Å². The summed E-state index contributed by atoms with van der Waals surface area (Å²) in [5.41, 5.74) is 10.2. The van der Waals surface area contributed by atoms with E-state index in [0.717, 1.165) is 26.8 Å². The Kier molecular flexibility index (Phi) is 6.66. The van der Waals surface area contributed by atoms with Crippen LogP contribution in [0.15, 0.2) is 84.2 Å². The fourth-order valence-electron chi connectivity index (χ4n) is 3.51. The van der Waals surface area contributed by atoms with Crippen LogP contribution in [0.3, 0.4) is 0 Å². The van der Waals surface area contributed by atoms with Crippen molar-refractivity contribution in [1.29, 1.82) is 0 Å². The van der Waals surface area contributed by atoms with Crippen molar-refractivity contribution in [2.45, 2.75) is 0 Å². The highest BCUT2D eigenvalue weighted by Crippen LogP contribution is 2.40. The zero-order chi connectivity index (χ0) is 25.1. The number of thiazole rings is 2. The first-order valence-corrected chi connectivity index (χ1v) is 12.8. The van der Waals surface area contributed by atoms with Crippen LogP contribution in [0.5, 0.6) is 5.75 Å². The molecule has 0 saturated carbocycles. The lowest BCUT2D eigenvalue weighted by molar-refractivity contribution is 0.0735. The second kappa shape index (κ2) is 10.2. The Balaban J connectivity index is 1.36. The van der Waals surface area contributed by atoms with Crippen molar-refractivity contribution in [3.05, 3.63) is 89.8 Å². The molecule has 0 aliphatic rings. The van der Waals surface area contributed by atoms with E-state index in [1.54, 1.807) is 30.3 Å². The van der Waals surface area contributed by atoms with E-state index in [4.69, 9.17) is 15.5 Å². The number of hydrogen-bond donors (Lipinski definition) is 2. The zero-order valence-electron chi connectivity index (χ0n) is 19.6. The number of rotatable bonds is 7. The summed E-state index contributed by atoms with van der Waals surface area (Å²) in [6.07, 6.45) is 0. The molecule has 0 bridgehead atoms. The Hall–Kier alpha value is -4.21. The molecule has 7 nitrogen and oxygen atoms in total. The molecule has 9 heteroatoms. The third-order valence-electron chi connectivity index (χ3n) is 5.36. The highest BCUT2D eigenvalue weighted by atomic mass is 32.1. The van der Waals surface area contributed by atoms with Gasteiger partial charge < -0.3 is 20.7 Å². The van der Waals surface area contributed by atoms with Gasteiger partial charge in [0.25, 0.3) is 0 Å². The SMILES string of the molecule is CN(C)c1ccc(Nc2nc(N)c(-c3nc(-c4ccccc4OC(=O)c4ccccc4)cs3)s2)cc1. The Labute approximate surface area is 216 Å². The smallest absolute Gasteiger partial charge is 0.343 e. The summed E-state index contributed by atoms with van der Waals surface area (Å²) >= 11 is 2.91. The Morgan fingerprint density at radius 3 is 2.42 bits per heavy atom. The van der Waals surface area contributed by atoms with E-state index in [2.05, 4.69) is 10.3 Å². The van der Waals surface area contributed by atoms with E-state index >= 15 is 0 Å². The molecule has 3 N–H and O–H groups in total. The lowest BCUT2D eigenvalue weighted by Gasteiger charge is -2.12. The number of carbonyl (C=O) groups is 1. The maximum Gasteiger partial charge on any atom is 0.343 e. The number of anilines is 4. The lowest BCUT2D eigenvalue weighted by Crippen LogP contribution is -2.08. The van der Waals surface area contributed by atoms with Crippen LogP contribution in [-0.2, 0) is 0 Å². The summed E-state index contributed by atoms with van der Waals surface area (Å²) in [7, 11) is 4.01. The number of benzene rings is 3. The second-order valence-corrected chi connectivity index (χ2v) is 9.95. The molecule has 180 valence electrons. The quantitative estimate of drug-likeness (QED) is 0.188. The zero-order valence-corrected chi connectivity index (χ0v) is 21.3. The van der Waals surface area contributed by atoms with Crippen molar-refractivity contribution >= 4 is 51.0 Å². The Bertz CT molecular complexity index is 1490. The van der Waals surface area contributed by atoms with Gasteiger partial charge in [0.15, 0.2) is 5.13 Å². The summed E-state index contributed by atoms with van der Waals surface area (Å²) in [6, 6.07) is 24.3. The van der Waals surface area contributed by atoms with E-state index in [-0.39, 0.29) is 0 Å². The molecule has 0 aliphatic heterocycles. The van der Waals surface area contributed by atoms with Gasteiger partial charge >= 0.3 is 5.97 Å². The number of carbonyl (C=O) groups excluding carboxylic acids is 1. The number of aromatic nitrogens is 2. The van der Waals surface area contributed by atoms with Gasteiger partial charge in [0.05, 0.1) is 11.3 Å². The van der Waals surface area contributed by atoms with Crippen LogP contribution in [0.1, 0.15) is 10.4 Å². The van der Waals surface area contributed by atoms with Gasteiger partial charge in [-0.15, -0.1) is 11.3 Å². The second-order valence-electron chi connectivity index (χ2n) is 8.09. The normalized spacial score (nSPS) is 10.7. The first kappa shape index (κ1) is 23.5. The lowest BCUT2D eigenvalue weighted by atomic mass is 10.1. The summed E-state index contributed by atoms with van der Waals surface area (Å²) in [6.45, 7) is 0. The van der Waals surface area contributed by atoms with Crippen LogP contribution in [0, 0.1) is 0 Å². The Morgan fingerprint density at radius 1 is 0.944 bits per heavy atom. The number of hydrogen-bond acceptors (Lipinski definition) is 9. The topological polar surface area (TPSA) is 93.4 Å². The molecule has 0 spiro atoms. The molecule has 0 radical (unpaired) electrons. The molecule has 0 saturated heterocycles. The number of para-hydroxylation sites is 1. The third kappa shape index (κ3) is 5.07. The fourth-order valence-corrected chi connectivity index (χ4v) is 5.33. The largest absolute Gasteiger partial charge is 0.422 e. The van der Waals surface area contributed by atoms with Crippen molar-refractivity contribution in [3.63, 3.8) is 0 Å². The van der Waals surface area contributed by atoms with Crippen LogP contribution in [0.2, 0.25) is 0 Å². The standard InChI is InChI=1S/C27H23N5O2S2/c1-32(2)19-14-12-18(13-15-19)29-27-31-24(28)23(36-27)25-30-21(16-35-25)20-10-6-7-11-22(20)34-26(33)17-8-4-3-5-9-17/h3-16H,28H2,1-2H3,(H,29,31). The first-order chi connectivity index (χ1) is 17.5. The number of nitrogen functional groups attached to an aromatic ring is 1. The molecule has 0 fully saturated rings. The minimum atomic E-state index is -0.417. The Morgan fingerprint density at radius 2 is 1.67 bits per heavy atom. The molecule has 0 atom stereocenters. The number of nitrogens with two attached hydrogens (primary N) is 1. The van der Waals surface area contributed by atoms with Crippen molar-refractivity contribution < 1.29 is 9.53 Å². The predicted octanol–water partition coefficient (Wildman–Crippen LogP) is 6.54. The van der Waals surface area contributed by atoms with Gasteiger partial charge in [0, 0.05) is 36.4 Å². The van der Waals surface area contributed by atoms with E-state index in [1.165, 1.54) is 22.7 Å². The van der Waals surface area contributed by atoms with Crippen LogP contribution >= 0.6 is 22.7 Å². The van der Waals surface area contributed by atoms with E-state index in [1.807, 2.05) is 72.9 Å². The van der Waals surface area contributed by atoms with E-state index in [9.17, 15) is 4.79 Å². The summed E-state index contributed by atoms with van der Waals surface area (Å²) in [5, 5.41) is 6.68. The van der Waals surface area contributed by atoms with Crippen molar-refractivity contribution in [2.24, 2.45) is 0 Å². The van der Waals surface area contributed by atoms with Gasteiger partial charge in [-0.1, -0.05) is 41.7 Å². The molecule has 0 amide bonds. The predicted molar refractivity (Wildman–Crippen MR) is 149 cm³/mol. The number of esters is 1. The highest BCUT2D eigenvalue weighted by molar-refractivity contribution is 7.23. The molecule has 3 aromatic carbocycles. The molecule has 36 heavy (non-hydrogen) atoms. The molecular weight excluding hydrogens is 490 g/mol.